The third-order valence-electron chi connectivity index (χ3n) is 5.11. The summed E-state index contributed by atoms with van der Waals surface area (Å²) in [6, 6.07) is 17.2. The van der Waals surface area contributed by atoms with Gasteiger partial charge in [-0.2, -0.15) is 5.10 Å². The normalized spacial score (nSPS) is 10.6. The van der Waals surface area contributed by atoms with E-state index in [0.29, 0.717) is 22.6 Å². The Morgan fingerprint density at radius 2 is 1.59 bits per heavy atom. The molecule has 0 heterocycles. The second kappa shape index (κ2) is 10.9. The quantitative estimate of drug-likeness (QED) is 0.191. The maximum atomic E-state index is 12.5. The van der Waals surface area contributed by atoms with E-state index < -0.39 is 17.8 Å². The van der Waals surface area contributed by atoms with Crippen LogP contribution in [0.15, 0.2) is 65.8 Å². The number of anilines is 1. The van der Waals surface area contributed by atoms with Crippen molar-refractivity contribution in [1.29, 1.82) is 0 Å². The van der Waals surface area contributed by atoms with E-state index in [1.54, 1.807) is 42.5 Å². The Balaban J connectivity index is 1.61. The van der Waals surface area contributed by atoms with E-state index in [-0.39, 0.29) is 5.75 Å². The smallest absolute Gasteiger partial charge is 0.343 e. The molecule has 0 spiro atoms. The number of hydrogen-bond acceptors (Lipinski definition) is 6. The maximum absolute atomic E-state index is 12.5. The number of methoxy groups -OCH3 is 1. The third-order valence-corrected chi connectivity index (χ3v) is 5.11. The van der Waals surface area contributed by atoms with Crippen LogP contribution in [0.1, 0.15) is 32.6 Å². The number of carbonyl (C=O) groups is 3. The summed E-state index contributed by atoms with van der Waals surface area (Å²) in [4.78, 5) is 36.6. The number of hydrogen-bond donors (Lipinski definition) is 2. The van der Waals surface area contributed by atoms with E-state index in [2.05, 4.69) is 15.8 Å². The number of nitrogens with one attached hydrogen (secondary N) is 2. The van der Waals surface area contributed by atoms with Crippen LogP contribution in [0.2, 0.25) is 0 Å². The van der Waals surface area contributed by atoms with Crippen molar-refractivity contribution in [3.63, 3.8) is 0 Å². The van der Waals surface area contributed by atoms with Crippen molar-refractivity contribution in [2.24, 2.45) is 5.10 Å². The molecular formula is C26H25N3O5. The molecular weight excluding hydrogens is 434 g/mol. The van der Waals surface area contributed by atoms with E-state index >= 15 is 0 Å². The van der Waals surface area contributed by atoms with E-state index in [1.807, 2.05) is 39.0 Å². The molecule has 3 rings (SSSR count). The lowest BCUT2D eigenvalue weighted by Gasteiger charge is -2.11. The van der Waals surface area contributed by atoms with Crippen molar-refractivity contribution in [1.82, 2.24) is 5.43 Å². The van der Waals surface area contributed by atoms with Gasteiger partial charge in [0.1, 0.15) is 0 Å². The van der Waals surface area contributed by atoms with Crippen molar-refractivity contribution in [3.05, 3.63) is 88.5 Å². The van der Waals surface area contributed by atoms with Gasteiger partial charge in [0.2, 0.25) is 0 Å². The zero-order chi connectivity index (χ0) is 24.7. The molecule has 0 fully saturated rings. The highest BCUT2D eigenvalue weighted by atomic mass is 16.6. The van der Waals surface area contributed by atoms with Crippen LogP contribution in [-0.2, 0) is 9.59 Å². The summed E-state index contributed by atoms with van der Waals surface area (Å²) in [5, 5.41) is 6.34. The van der Waals surface area contributed by atoms with Crippen LogP contribution in [0.4, 0.5) is 5.69 Å². The minimum Gasteiger partial charge on any atom is -0.493 e. The van der Waals surface area contributed by atoms with E-state index in [4.69, 9.17) is 9.47 Å². The summed E-state index contributed by atoms with van der Waals surface area (Å²) in [5.41, 5.74) is 6.59. The SMILES string of the molecule is COc1cc(/C=N/NC(=O)C(=O)Nc2ccc(C)c(C)c2)ccc1OC(=O)c1ccccc1C. The molecule has 0 aliphatic heterocycles. The number of nitrogens with zero attached hydrogens (tertiary/aromatic N) is 1. The van der Waals surface area contributed by atoms with Gasteiger partial charge in [-0.15, -0.1) is 0 Å². The molecule has 0 saturated carbocycles. The maximum Gasteiger partial charge on any atom is 0.343 e. The highest BCUT2D eigenvalue weighted by Gasteiger charge is 2.15. The van der Waals surface area contributed by atoms with Gasteiger partial charge in [-0.25, -0.2) is 10.2 Å². The van der Waals surface area contributed by atoms with Crippen LogP contribution < -0.4 is 20.2 Å². The molecule has 34 heavy (non-hydrogen) atoms. The summed E-state index contributed by atoms with van der Waals surface area (Å²) in [5.74, 6) is -1.70. The van der Waals surface area contributed by atoms with Gasteiger partial charge in [0, 0.05) is 5.69 Å². The van der Waals surface area contributed by atoms with Crippen LogP contribution in [0.3, 0.4) is 0 Å². The summed E-state index contributed by atoms with van der Waals surface area (Å²) in [6.07, 6.45) is 1.34. The lowest BCUT2D eigenvalue weighted by atomic mass is 10.1. The highest BCUT2D eigenvalue weighted by molar-refractivity contribution is 6.39. The van der Waals surface area contributed by atoms with Gasteiger partial charge in [-0.3, -0.25) is 9.59 Å². The summed E-state index contributed by atoms with van der Waals surface area (Å²) in [7, 11) is 1.44. The average Bonchev–Trinajstić information content (AvgIpc) is 2.82. The Kier molecular flexibility index (Phi) is 7.76. The first kappa shape index (κ1) is 24.2. The van der Waals surface area contributed by atoms with Gasteiger partial charge in [-0.05, 0) is 79.4 Å². The summed E-state index contributed by atoms with van der Waals surface area (Å²) >= 11 is 0. The van der Waals surface area contributed by atoms with Crippen LogP contribution in [0.5, 0.6) is 11.5 Å². The number of ether oxygens (including phenoxy) is 2. The van der Waals surface area contributed by atoms with Crippen LogP contribution in [0, 0.1) is 20.8 Å². The van der Waals surface area contributed by atoms with Crippen LogP contribution in [-0.4, -0.2) is 31.1 Å². The van der Waals surface area contributed by atoms with Gasteiger partial charge >= 0.3 is 17.8 Å². The molecule has 0 atom stereocenters. The fourth-order valence-electron chi connectivity index (χ4n) is 3.03. The predicted octanol–water partition coefficient (Wildman–Crippen LogP) is 3.93. The minimum atomic E-state index is -0.912. The average molecular weight is 460 g/mol. The first-order valence-corrected chi connectivity index (χ1v) is 10.5. The van der Waals surface area contributed by atoms with Gasteiger partial charge in [-0.1, -0.05) is 24.3 Å². The second-order valence-corrected chi connectivity index (χ2v) is 7.57. The number of rotatable bonds is 6. The molecule has 2 N–H and O–H groups in total. The number of aryl methyl sites for hydroxylation is 3. The number of esters is 1. The molecule has 0 aromatic heterocycles. The molecule has 0 aliphatic rings. The molecule has 8 heteroatoms. The number of benzene rings is 3. The molecule has 174 valence electrons. The van der Waals surface area contributed by atoms with E-state index in [1.165, 1.54) is 13.3 Å². The number of hydrazone groups is 1. The zero-order valence-electron chi connectivity index (χ0n) is 19.3. The minimum absolute atomic E-state index is 0.240. The molecule has 0 radical (unpaired) electrons. The fourth-order valence-corrected chi connectivity index (χ4v) is 3.03. The standard InChI is InChI=1S/C26H25N3O5/c1-16-9-11-20(13-18(16)3)28-24(30)25(31)29-27-15-19-10-12-22(23(14-19)33-4)34-26(32)21-8-6-5-7-17(21)2/h5-15H,1-4H3,(H,28,30)(H,29,31)/b27-15+. The molecule has 3 aromatic rings. The van der Waals surface area contributed by atoms with Crippen molar-refractivity contribution in [2.75, 3.05) is 12.4 Å². The largest absolute Gasteiger partial charge is 0.493 e. The Bertz CT molecular complexity index is 1270. The monoisotopic (exact) mass is 459 g/mol. The van der Waals surface area contributed by atoms with Crippen molar-refractivity contribution < 1.29 is 23.9 Å². The van der Waals surface area contributed by atoms with Gasteiger partial charge < -0.3 is 14.8 Å². The third kappa shape index (κ3) is 6.07. The lowest BCUT2D eigenvalue weighted by molar-refractivity contribution is -0.136. The Morgan fingerprint density at radius 3 is 2.29 bits per heavy atom. The van der Waals surface area contributed by atoms with E-state index in [9.17, 15) is 14.4 Å². The first-order valence-electron chi connectivity index (χ1n) is 10.5. The Morgan fingerprint density at radius 1 is 0.824 bits per heavy atom. The Hall–Kier alpha value is -4.46. The van der Waals surface area contributed by atoms with Crippen molar-refractivity contribution in [2.45, 2.75) is 20.8 Å². The number of carbonyl (C=O) groups excluding carboxylic acids is 3. The van der Waals surface area contributed by atoms with Crippen LogP contribution in [0.25, 0.3) is 0 Å². The lowest BCUT2D eigenvalue weighted by Crippen LogP contribution is -2.32. The van der Waals surface area contributed by atoms with Crippen molar-refractivity contribution in [3.8, 4) is 11.5 Å². The molecule has 0 bridgehead atoms. The molecule has 8 nitrogen and oxygen atoms in total. The highest BCUT2D eigenvalue weighted by Crippen LogP contribution is 2.28. The van der Waals surface area contributed by atoms with Gasteiger partial charge in [0.15, 0.2) is 11.5 Å². The topological polar surface area (TPSA) is 106 Å². The van der Waals surface area contributed by atoms with E-state index in [0.717, 1.165) is 16.7 Å². The molecule has 0 unspecified atom stereocenters. The second-order valence-electron chi connectivity index (χ2n) is 7.57. The summed E-state index contributed by atoms with van der Waals surface area (Å²) < 4.78 is 10.8. The number of amides is 2. The zero-order valence-corrected chi connectivity index (χ0v) is 19.3. The predicted molar refractivity (Wildman–Crippen MR) is 129 cm³/mol. The fraction of sp³-hybridized carbons (Fsp3) is 0.154. The Labute approximate surface area is 197 Å². The first-order chi connectivity index (χ1) is 16.3. The van der Waals surface area contributed by atoms with Crippen molar-refractivity contribution >= 4 is 29.7 Å². The van der Waals surface area contributed by atoms with Crippen LogP contribution >= 0.6 is 0 Å². The molecule has 0 saturated heterocycles. The molecule has 2 amide bonds. The van der Waals surface area contributed by atoms with Gasteiger partial charge in [0.25, 0.3) is 0 Å². The van der Waals surface area contributed by atoms with Gasteiger partial charge in [0.05, 0.1) is 18.9 Å². The molecule has 3 aromatic carbocycles. The molecule has 0 aliphatic carbocycles. The summed E-state index contributed by atoms with van der Waals surface area (Å²) in [6.45, 7) is 5.69.